The first-order valence-electron chi connectivity index (χ1n) is 9.98. The first-order chi connectivity index (χ1) is 14.2. The van der Waals surface area contributed by atoms with Crippen LogP contribution in [0.2, 0.25) is 5.02 Å². The van der Waals surface area contributed by atoms with Crippen LogP contribution in [-0.2, 0) is 4.79 Å². The first kappa shape index (κ1) is 19.9. The highest BCUT2D eigenvalue weighted by molar-refractivity contribution is 6.30. The third-order valence-corrected chi connectivity index (χ3v) is 5.42. The van der Waals surface area contributed by atoms with Crippen molar-refractivity contribution in [3.8, 4) is 17.2 Å². The number of carbonyl (C=O) groups excluding carboxylic acids is 1. The minimum Gasteiger partial charge on any atom is -0.492 e. The Hall–Kier alpha value is -2.44. The minimum atomic E-state index is 0.00847. The number of nitrogens with zero attached hydrogens (tertiary/aromatic N) is 1. The summed E-state index contributed by atoms with van der Waals surface area (Å²) in [7, 11) is 0. The summed E-state index contributed by atoms with van der Waals surface area (Å²) >= 11 is 5.86. The molecule has 0 aliphatic carbocycles. The van der Waals surface area contributed by atoms with Crippen molar-refractivity contribution in [1.82, 2.24) is 10.2 Å². The molecule has 1 N–H and O–H groups in total. The summed E-state index contributed by atoms with van der Waals surface area (Å²) in [6.07, 6.45) is 2.11. The second-order valence-corrected chi connectivity index (χ2v) is 7.62. The molecule has 0 unspecified atom stereocenters. The van der Waals surface area contributed by atoms with Crippen LogP contribution in [0.15, 0.2) is 42.5 Å². The Morgan fingerprint density at radius 1 is 1.14 bits per heavy atom. The van der Waals surface area contributed by atoms with E-state index in [4.69, 9.17) is 25.8 Å². The van der Waals surface area contributed by atoms with Gasteiger partial charge in [0.1, 0.15) is 25.6 Å². The number of fused-ring (bicyclic) bond motifs is 1. The van der Waals surface area contributed by atoms with Crippen LogP contribution in [0, 0.1) is 0 Å². The lowest BCUT2D eigenvalue weighted by molar-refractivity contribution is -0.122. The molecule has 29 heavy (non-hydrogen) atoms. The summed E-state index contributed by atoms with van der Waals surface area (Å²) in [5.74, 6) is 2.34. The summed E-state index contributed by atoms with van der Waals surface area (Å²) in [5, 5.41) is 3.61. The summed E-state index contributed by atoms with van der Waals surface area (Å²) < 4.78 is 16.9. The molecule has 2 heterocycles. The van der Waals surface area contributed by atoms with Crippen molar-refractivity contribution in [1.29, 1.82) is 0 Å². The molecular formula is C22H25ClN2O4. The molecule has 7 heteroatoms. The lowest BCUT2D eigenvalue weighted by atomic mass is 10.0. The fourth-order valence-corrected chi connectivity index (χ4v) is 3.92. The summed E-state index contributed by atoms with van der Waals surface area (Å²) in [6, 6.07) is 13.5. The maximum Gasteiger partial charge on any atom is 0.234 e. The SMILES string of the molecule is O=C(CN1CCC[C@H]1c1ccc2c(c1)OCCO2)NCCOc1ccc(Cl)cc1. The van der Waals surface area contributed by atoms with Gasteiger partial charge in [-0.2, -0.15) is 0 Å². The van der Waals surface area contributed by atoms with Crippen molar-refractivity contribution >= 4 is 17.5 Å². The van der Waals surface area contributed by atoms with Crippen molar-refractivity contribution in [3.63, 3.8) is 0 Å². The Labute approximate surface area is 175 Å². The van der Waals surface area contributed by atoms with E-state index in [1.807, 2.05) is 18.2 Å². The third kappa shape index (κ3) is 5.14. The van der Waals surface area contributed by atoms with Crippen molar-refractivity contribution in [2.75, 3.05) is 39.5 Å². The molecule has 0 aromatic heterocycles. The highest BCUT2D eigenvalue weighted by atomic mass is 35.5. The third-order valence-electron chi connectivity index (χ3n) is 5.17. The molecule has 6 nitrogen and oxygen atoms in total. The van der Waals surface area contributed by atoms with Gasteiger partial charge in [-0.05, 0) is 61.3 Å². The molecule has 2 aromatic carbocycles. The minimum absolute atomic E-state index is 0.00847. The molecular weight excluding hydrogens is 392 g/mol. The summed E-state index contributed by atoms with van der Waals surface area (Å²) in [5.41, 5.74) is 1.17. The van der Waals surface area contributed by atoms with Gasteiger partial charge in [-0.25, -0.2) is 0 Å². The van der Waals surface area contributed by atoms with Gasteiger partial charge in [-0.3, -0.25) is 9.69 Å². The normalized spacial score (nSPS) is 18.4. The smallest absolute Gasteiger partial charge is 0.234 e. The Bertz CT molecular complexity index is 843. The Morgan fingerprint density at radius 3 is 2.76 bits per heavy atom. The Kier molecular flexibility index (Phi) is 6.42. The summed E-state index contributed by atoms with van der Waals surface area (Å²) in [4.78, 5) is 14.6. The summed E-state index contributed by atoms with van der Waals surface area (Å²) in [6.45, 7) is 3.33. The molecule has 0 saturated carbocycles. The zero-order valence-electron chi connectivity index (χ0n) is 16.2. The van der Waals surface area contributed by atoms with Gasteiger partial charge in [-0.1, -0.05) is 17.7 Å². The second-order valence-electron chi connectivity index (χ2n) is 7.18. The molecule has 1 amide bonds. The molecule has 154 valence electrons. The van der Waals surface area contributed by atoms with E-state index in [2.05, 4.69) is 22.3 Å². The van der Waals surface area contributed by atoms with Crippen LogP contribution >= 0.6 is 11.6 Å². The van der Waals surface area contributed by atoms with Gasteiger partial charge in [0.25, 0.3) is 0 Å². The predicted octanol–water partition coefficient (Wildman–Crippen LogP) is 3.44. The van der Waals surface area contributed by atoms with E-state index in [1.165, 1.54) is 5.56 Å². The van der Waals surface area contributed by atoms with Crippen molar-refractivity contribution in [2.45, 2.75) is 18.9 Å². The number of likely N-dealkylation sites (tertiary alicyclic amines) is 1. The number of nitrogens with one attached hydrogen (secondary N) is 1. The number of carbonyl (C=O) groups is 1. The second kappa shape index (κ2) is 9.37. The number of rotatable bonds is 7. The maximum atomic E-state index is 12.4. The lowest BCUT2D eigenvalue weighted by Gasteiger charge is -2.26. The van der Waals surface area contributed by atoms with Crippen LogP contribution in [0.1, 0.15) is 24.4 Å². The molecule has 0 bridgehead atoms. The number of ether oxygens (including phenoxy) is 3. The van der Waals surface area contributed by atoms with Crippen LogP contribution in [0.3, 0.4) is 0 Å². The van der Waals surface area contributed by atoms with Gasteiger partial charge in [0.15, 0.2) is 11.5 Å². The van der Waals surface area contributed by atoms with E-state index in [1.54, 1.807) is 12.1 Å². The van der Waals surface area contributed by atoms with Gasteiger partial charge in [0.2, 0.25) is 5.91 Å². The van der Waals surface area contributed by atoms with E-state index >= 15 is 0 Å². The number of benzene rings is 2. The van der Waals surface area contributed by atoms with E-state index in [0.717, 1.165) is 36.6 Å². The van der Waals surface area contributed by atoms with Gasteiger partial charge in [0.05, 0.1) is 13.1 Å². The predicted molar refractivity (Wildman–Crippen MR) is 111 cm³/mol. The molecule has 0 spiro atoms. The molecule has 1 saturated heterocycles. The number of hydrogen-bond donors (Lipinski definition) is 1. The molecule has 0 radical (unpaired) electrons. The average Bonchev–Trinajstić information content (AvgIpc) is 3.20. The zero-order valence-corrected chi connectivity index (χ0v) is 17.0. The van der Waals surface area contributed by atoms with E-state index in [9.17, 15) is 4.79 Å². The van der Waals surface area contributed by atoms with Crippen molar-refractivity contribution < 1.29 is 19.0 Å². The maximum absolute atomic E-state index is 12.4. The van der Waals surface area contributed by atoms with E-state index in [-0.39, 0.29) is 11.9 Å². The highest BCUT2D eigenvalue weighted by Crippen LogP contribution is 2.37. The van der Waals surface area contributed by atoms with Gasteiger partial charge in [0, 0.05) is 11.1 Å². The lowest BCUT2D eigenvalue weighted by Crippen LogP contribution is -2.38. The van der Waals surface area contributed by atoms with Gasteiger partial charge >= 0.3 is 0 Å². The number of amides is 1. The first-order valence-corrected chi connectivity index (χ1v) is 10.4. The molecule has 2 aliphatic rings. The topological polar surface area (TPSA) is 60.0 Å². The van der Waals surface area contributed by atoms with Crippen LogP contribution in [-0.4, -0.2) is 50.3 Å². The molecule has 4 rings (SSSR count). The molecule has 1 fully saturated rings. The fourth-order valence-electron chi connectivity index (χ4n) is 3.79. The number of hydrogen-bond acceptors (Lipinski definition) is 5. The highest BCUT2D eigenvalue weighted by Gasteiger charge is 2.28. The van der Waals surface area contributed by atoms with Crippen LogP contribution in [0.5, 0.6) is 17.2 Å². The van der Waals surface area contributed by atoms with Crippen LogP contribution in [0.25, 0.3) is 0 Å². The molecule has 1 atom stereocenters. The van der Waals surface area contributed by atoms with Crippen molar-refractivity contribution in [3.05, 3.63) is 53.1 Å². The van der Waals surface area contributed by atoms with Crippen LogP contribution < -0.4 is 19.5 Å². The fraction of sp³-hybridized carbons (Fsp3) is 0.409. The monoisotopic (exact) mass is 416 g/mol. The zero-order chi connectivity index (χ0) is 20.1. The molecule has 2 aliphatic heterocycles. The Morgan fingerprint density at radius 2 is 1.93 bits per heavy atom. The van der Waals surface area contributed by atoms with Crippen molar-refractivity contribution in [2.24, 2.45) is 0 Å². The number of halogens is 1. The quantitative estimate of drug-likeness (QED) is 0.700. The van der Waals surface area contributed by atoms with E-state index in [0.29, 0.717) is 37.9 Å². The van der Waals surface area contributed by atoms with E-state index < -0.39 is 0 Å². The van der Waals surface area contributed by atoms with Crippen LogP contribution in [0.4, 0.5) is 0 Å². The standard InChI is InChI=1S/C22H25ClN2O4/c23-17-4-6-18(7-5-17)27-11-9-24-22(26)15-25-10-1-2-19(25)16-3-8-20-21(14-16)29-13-12-28-20/h3-8,14,19H,1-2,9-13,15H2,(H,24,26)/t19-/m0/s1. The largest absolute Gasteiger partial charge is 0.492 e. The Balaban J connectivity index is 1.26. The van der Waals surface area contributed by atoms with Gasteiger partial charge in [-0.15, -0.1) is 0 Å². The molecule has 2 aromatic rings. The average molecular weight is 417 g/mol. The van der Waals surface area contributed by atoms with Gasteiger partial charge < -0.3 is 19.5 Å².